The molecule has 0 unspecified atom stereocenters. The van der Waals surface area contributed by atoms with Crippen molar-refractivity contribution in [3.63, 3.8) is 0 Å². The number of thiazole rings is 2. The molecule has 11 heterocycles. The van der Waals surface area contributed by atoms with Crippen molar-refractivity contribution in [2.24, 2.45) is 21.1 Å². The zero-order chi connectivity index (χ0) is 82.4. The van der Waals surface area contributed by atoms with Crippen LogP contribution in [0.2, 0.25) is 10.0 Å². The molecule has 8 aromatic heterocycles. The quantitative estimate of drug-likeness (QED) is 0.0591. The highest BCUT2D eigenvalue weighted by atomic mass is 127. The Morgan fingerprint density at radius 3 is 1.39 bits per heavy atom. The summed E-state index contributed by atoms with van der Waals surface area (Å²) in [5, 5.41) is 23.2. The molecular weight excluding hydrogens is 1830 g/mol. The Balaban J connectivity index is 0.000000157. The zero-order valence-electron chi connectivity index (χ0n) is 67.1. The number of fused-ring (bicyclic) bond motifs is 5. The predicted molar refractivity (Wildman–Crippen MR) is 488 cm³/mol. The van der Waals surface area contributed by atoms with E-state index in [-0.39, 0.29) is 13.2 Å². The van der Waals surface area contributed by atoms with Gasteiger partial charge in [0.25, 0.3) is 0 Å². The largest absolute Gasteiger partial charge is 0.483 e. The molecule has 0 bridgehead atoms. The van der Waals surface area contributed by atoms with E-state index in [1.807, 2.05) is 173 Å². The molecule has 0 fully saturated rings. The van der Waals surface area contributed by atoms with Crippen LogP contribution in [0.5, 0.6) is 0 Å². The Morgan fingerprint density at radius 2 is 0.965 bits per heavy atom. The van der Waals surface area contributed by atoms with Gasteiger partial charge in [-0.1, -0.05) is 65.7 Å². The first-order valence-corrected chi connectivity index (χ1v) is 43.5. The maximum atomic E-state index is 13.5. The highest BCUT2D eigenvalue weighted by molar-refractivity contribution is 14.1. The summed E-state index contributed by atoms with van der Waals surface area (Å²) in [5.41, 5.74) is 17.8. The number of likely N-dealkylation sites (N-methyl/N-ethyl adjacent to an activating group) is 3. The van der Waals surface area contributed by atoms with Crippen LogP contribution < -0.4 is 0 Å². The van der Waals surface area contributed by atoms with Gasteiger partial charge >= 0.3 is 19.1 Å². The summed E-state index contributed by atoms with van der Waals surface area (Å²) in [7, 11) is 11.2. The average molecular weight is 1920 g/mol. The topological polar surface area (TPSA) is 200 Å². The smallest absolute Gasteiger partial charge is 0.464 e. The summed E-state index contributed by atoms with van der Waals surface area (Å²) < 4.78 is 35.9. The van der Waals surface area contributed by atoms with Gasteiger partial charge in [-0.25, -0.2) is 34.5 Å². The molecule has 3 aliphatic heterocycles. The molecular formula is C86H96BBr3Cl2IN11O8S2. The van der Waals surface area contributed by atoms with Gasteiger partial charge in [0.2, 0.25) is 0 Å². The van der Waals surface area contributed by atoms with Crippen molar-refractivity contribution in [1.29, 1.82) is 0 Å². The third-order valence-electron chi connectivity index (χ3n) is 19.4. The number of halogens is 6. The molecule has 3 aliphatic rings. The van der Waals surface area contributed by atoms with Crippen LogP contribution in [0.25, 0.3) is 97.5 Å². The molecule has 2 N–H and O–H groups in total. The summed E-state index contributed by atoms with van der Waals surface area (Å²) in [6.45, 7) is 25.6. The molecule has 114 heavy (non-hydrogen) atoms. The number of carbonyl (C=O) groups excluding carboxylic acids is 2. The molecule has 12 aromatic rings. The lowest BCUT2D eigenvalue weighted by atomic mass is 9.76. The SMILES string of the molecule is CCOC(=O)[C@@H](OC(C)(C)C)c1c(C)cc2nc(-c3cnc4c(c3)c(C3=CCN(C)CC3)cn4C)sc2c1-c1ccc(Cl)cc1.CCOC(=O)[C@@H](OC(C)(C)C)c1c(C)cc2nc(Br)sc2c1-c1ccc(Cl)cc1.CN1CC=C(B(O)O)CC1.CN1CC=C(c2cn(C)c3ncc(Br)cc23)CC1.Cn1cc(I)c2cc(Br)cnc21. The van der Waals surface area contributed by atoms with Crippen molar-refractivity contribution in [2.75, 3.05) is 73.6 Å². The predicted octanol–water partition coefficient (Wildman–Crippen LogP) is 21.0. The Hall–Kier alpha value is -6.58. The molecule has 0 saturated heterocycles. The van der Waals surface area contributed by atoms with Gasteiger partial charge in [0.05, 0.1) is 44.8 Å². The van der Waals surface area contributed by atoms with Crippen LogP contribution in [0.15, 0.2) is 153 Å². The molecule has 0 aliphatic carbocycles. The minimum absolute atomic E-state index is 0.260. The lowest BCUT2D eigenvalue weighted by molar-refractivity contribution is -0.167. The Kier molecular flexibility index (Phi) is 29.8. The number of rotatable bonds is 14. The fourth-order valence-electron chi connectivity index (χ4n) is 14.0. The van der Waals surface area contributed by atoms with Crippen LogP contribution in [0.1, 0.15) is 120 Å². The highest BCUT2D eigenvalue weighted by Gasteiger charge is 2.36. The lowest BCUT2D eigenvalue weighted by Crippen LogP contribution is -2.29. The van der Waals surface area contributed by atoms with E-state index in [4.69, 9.17) is 62.2 Å². The average Bonchev–Trinajstić information content (AvgIpc) is 1.57. The molecule has 4 aromatic carbocycles. The van der Waals surface area contributed by atoms with Gasteiger partial charge in [-0.2, -0.15) is 0 Å². The van der Waals surface area contributed by atoms with E-state index >= 15 is 0 Å². The minimum atomic E-state index is -1.24. The molecule has 28 heteroatoms. The van der Waals surface area contributed by atoms with Crippen LogP contribution in [-0.2, 0) is 49.7 Å². The maximum Gasteiger partial charge on any atom is 0.483 e. The third kappa shape index (κ3) is 21.7. The molecule has 19 nitrogen and oxygen atoms in total. The highest BCUT2D eigenvalue weighted by Crippen LogP contribution is 2.47. The summed E-state index contributed by atoms with van der Waals surface area (Å²) >= 11 is 28.3. The van der Waals surface area contributed by atoms with Gasteiger partial charge in [-0.05, 0) is 273 Å². The number of hydrogen-bond acceptors (Lipinski definition) is 18. The third-order valence-corrected chi connectivity index (χ3v) is 24.3. The fraction of sp³-hybridized carbons (Fsp3) is 0.360. The number of aromatic nitrogens is 8. The normalized spacial score (nSPS) is 14.9. The molecule has 0 radical (unpaired) electrons. The number of esters is 2. The van der Waals surface area contributed by atoms with Gasteiger partial charge in [0, 0.05) is 175 Å². The van der Waals surface area contributed by atoms with E-state index in [9.17, 15) is 9.59 Å². The Labute approximate surface area is 724 Å². The standard InChI is InChI=1S/C36H39ClN4O3S.C22H23BrClNO3S.C14H16BrN3.C8H6BrIN2.C6H12BNO2/c1-8-43-35(42)31(44-36(3,4)5)29-21(2)17-28-32(30(29)23-9-11-25(37)12-10-23)45-34(39-28)24-18-26-27(20-41(7)33(26)38-19-24)22-13-15-40(6)16-14-22;1-6-27-20(26)18(28-22(3,4)5)16-12(2)11-15-19(29-21(23)25-15)17(16)13-7-9-14(24)10-8-13;1-17-5-3-10(4-6-17)13-9-18(2)14-12(13)7-11(15)8-16-14;1-12-4-7(10)6-2-5(9)3-11-8(6)12;1-8-4-2-6(3-5-8)7(9)10/h9-13,17-20,31H,8,14-16H2,1-7H3;7-11,18H,6H2,1-5H3;3,7-9H,4-6H2,1-2H3;2-4H,1H3;2,9-10H,3-5H2,1H3/t31-;18-;;;/m00.../s1. The zero-order valence-corrected chi connectivity index (χ0v) is 77.1. The van der Waals surface area contributed by atoms with Gasteiger partial charge in [-0.3, -0.25) is 0 Å². The number of aryl methyl sites for hydroxylation is 5. The van der Waals surface area contributed by atoms with Gasteiger partial charge in [0.15, 0.2) is 16.1 Å². The second-order valence-electron chi connectivity index (χ2n) is 30.6. The van der Waals surface area contributed by atoms with E-state index in [2.05, 4.69) is 179 Å². The molecule has 0 saturated carbocycles. The van der Waals surface area contributed by atoms with Crippen molar-refractivity contribution in [2.45, 2.75) is 112 Å². The van der Waals surface area contributed by atoms with Gasteiger partial charge in [0.1, 0.15) is 21.9 Å². The number of pyridine rings is 3. The first-order chi connectivity index (χ1) is 54.1. The van der Waals surface area contributed by atoms with E-state index in [0.717, 1.165) is 175 Å². The first kappa shape index (κ1) is 88.2. The summed E-state index contributed by atoms with van der Waals surface area (Å²) in [5.74, 6) is -0.812. The number of hydrogen-bond donors (Lipinski definition) is 2. The molecule has 0 spiro atoms. The van der Waals surface area contributed by atoms with E-state index in [0.29, 0.717) is 10.0 Å². The molecule has 600 valence electrons. The number of nitrogens with zero attached hydrogens (tertiary/aromatic N) is 11. The van der Waals surface area contributed by atoms with Gasteiger partial charge in [-0.15, -0.1) is 22.7 Å². The van der Waals surface area contributed by atoms with Crippen molar-refractivity contribution in [1.82, 2.24) is 53.3 Å². The van der Waals surface area contributed by atoms with Gasteiger partial charge < -0.3 is 57.4 Å². The van der Waals surface area contributed by atoms with Crippen LogP contribution >= 0.6 is 116 Å². The van der Waals surface area contributed by atoms with E-state index < -0.39 is 42.5 Å². The maximum absolute atomic E-state index is 13.5. The first-order valence-electron chi connectivity index (χ1n) is 37.6. The van der Waals surface area contributed by atoms with Crippen molar-refractivity contribution >= 4 is 200 Å². The molecule has 15 rings (SSSR count). The molecule has 2 atom stereocenters. The summed E-state index contributed by atoms with van der Waals surface area (Å²) in [4.78, 5) is 56.7. The Morgan fingerprint density at radius 1 is 0.553 bits per heavy atom. The summed E-state index contributed by atoms with van der Waals surface area (Å²) in [6.07, 6.45) is 19.7. The van der Waals surface area contributed by atoms with Crippen LogP contribution in [0.3, 0.4) is 0 Å². The Bertz CT molecular complexity index is 5600. The van der Waals surface area contributed by atoms with Crippen LogP contribution in [0, 0.1) is 17.4 Å². The van der Waals surface area contributed by atoms with Crippen LogP contribution in [0.4, 0.5) is 0 Å². The van der Waals surface area contributed by atoms with Crippen molar-refractivity contribution < 1.29 is 38.6 Å². The second kappa shape index (κ2) is 38.4. The van der Waals surface area contributed by atoms with Crippen molar-refractivity contribution in [3.05, 3.63) is 200 Å². The van der Waals surface area contributed by atoms with Crippen molar-refractivity contribution in [3.8, 4) is 32.8 Å². The summed E-state index contributed by atoms with van der Waals surface area (Å²) in [6, 6.07) is 25.8. The van der Waals surface area contributed by atoms with E-state index in [1.165, 1.54) is 48.0 Å². The second-order valence-corrected chi connectivity index (χ2v) is 37.7. The van der Waals surface area contributed by atoms with Crippen LogP contribution in [-0.4, -0.2) is 167 Å². The number of ether oxygens (including phenoxy) is 4. The lowest BCUT2D eigenvalue weighted by Gasteiger charge is -2.29. The van der Waals surface area contributed by atoms with E-state index in [1.54, 1.807) is 18.3 Å². The number of benzene rings is 4. The molecule has 0 amide bonds. The number of carbonyl (C=O) groups is 2. The fourth-order valence-corrected chi connectivity index (χ4v) is 18.3. The minimum Gasteiger partial charge on any atom is -0.464 e. The monoisotopic (exact) mass is 1920 g/mol.